The van der Waals surface area contributed by atoms with E-state index in [1.165, 1.54) is 25.7 Å². The van der Waals surface area contributed by atoms with Crippen molar-refractivity contribution in [2.75, 3.05) is 0 Å². The number of rotatable bonds is 12. The summed E-state index contributed by atoms with van der Waals surface area (Å²) >= 11 is 0. The van der Waals surface area contributed by atoms with Crippen LogP contribution < -0.4 is 11.5 Å². The third-order valence-corrected chi connectivity index (χ3v) is 3.37. The molecule has 0 aromatic carbocycles. The number of unbranched alkanes of at least 4 members (excludes halogenated alkanes) is 6. The number of hydrogen-bond acceptors (Lipinski definition) is 2. The molecule has 0 aliphatic rings. The molecule has 0 saturated carbocycles. The molecule has 0 fully saturated rings. The number of carbonyl (C=O) groups excluding carboxylic acids is 2. The first-order valence-electron chi connectivity index (χ1n) is 7.15. The van der Waals surface area contributed by atoms with Gasteiger partial charge >= 0.3 is 0 Å². The predicted octanol–water partition coefficient (Wildman–Crippen LogP) is 2.49. The summed E-state index contributed by atoms with van der Waals surface area (Å²) < 4.78 is 0. The molecule has 4 heteroatoms. The third kappa shape index (κ3) is 10.1. The Kier molecular flexibility index (Phi) is 10.4. The van der Waals surface area contributed by atoms with Crippen molar-refractivity contribution in [3.63, 3.8) is 0 Å². The van der Waals surface area contributed by atoms with Gasteiger partial charge in [0.1, 0.15) is 0 Å². The molecule has 4 nitrogen and oxygen atoms in total. The Morgan fingerprint density at radius 3 is 1.83 bits per heavy atom. The molecule has 106 valence electrons. The lowest BCUT2D eigenvalue weighted by atomic mass is 9.97. The number of carbonyl (C=O) groups is 2. The predicted molar refractivity (Wildman–Crippen MR) is 73.7 cm³/mol. The zero-order valence-corrected chi connectivity index (χ0v) is 11.6. The maximum atomic E-state index is 11.0. The fourth-order valence-electron chi connectivity index (χ4n) is 2.12. The highest BCUT2D eigenvalue weighted by molar-refractivity contribution is 5.76. The van der Waals surface area contributed by atoms with E-state index in [-0.39, 0.29) is 17.7 Å². The maximum absolute atomic E-state index is 11.0. The van der Waals surface area contributed by atoms with Crippen molar-refractivity contribution in [3.8, 4) is 0 Å². The molecule has 1 unspecified atom stereocenters. The van der Waals surface area contributed by atoms with Crippen LogP contribution in [0.2, 0.25) is 0 Å². The van der Waals surface area contributed by atoms with E-state index in [2.05, 4.69) is 0 Å². The van der Waals surface area contributed by atoms with E-state index < -0.39 is 0 Å². The Morgan fingerprint density at radius 1 is 0.889 bits per heavy atom. The van der Waals surface area contributed by atoms with Gasteiger partial charge in [-0.3, -0.25) is 9.59 Å². The summed E-state index contributed by atoms with van der Waals surface area (Å²) in [4.78, 5) is 21.5. The van der Waals surface area contributed by atoms with Crippen molar-refractivity contribution in [1.29, 1.82) is 0 Å². The van der Waals surface area contributed by atoms with Gasteiger partial charge in [-0.1, -0.05) is 45.4 Å². The Hall–Kier alpha value is -1.06. The molecule has 0 radical (unpaired) electrons. The number of hydrogen-bond donors (Lipinski definition) is 2. The van der Waals surface area contributed by atoms with Crippen LogP contribution in [0.5, 0.6) is 0 Å². The summed E-state index contributed by atoms with van der Waals surface area (Å²) in [6.07, 6.45) is 10.1. The molecule has 0 saturated heterocycles. The lowest BCUT2D eigenvalue weighted by Gasteiger charge is -2.09. The SMILES string of the molecule is CCC(CCCCCCCCCC(N)=O)C(N)=O. The monoisotopic (exact) mass is 256 g/mol. The molecule has 0 aliphatic heterocycles. The zero-order valence-electron chi connectivity index (χ0n) is 11.6. The minimum absolute atomic E-state index is 0.0561. The molecule has 0 rings (SSSR count). The van der Waals surface area contributed by atoms with Crippen molar-refractivity contribution < 1.29 is 9.59 Å². The van der Waals surface area contributed by atoms with Crippen molar-refractivity contribution in [2.45, 2.75) is 71.1 Å². The van der Waals surface area contributed by atoms with E-state index in [1.54, 1.807) is 0 Å². The molecule has 0 aromatic rings. The highest BCUT2D eigenvalue weighted by Crippen LogP contribution is 2.15. The average Bonchev–Trinajstić information content (AvgIpc) is 2.31. The molecule has 0 aliphatic carbocycles. The van der Waals surface area contributed by atoms with E-state index in [0.29, 0.717) is 6.42 Å². The van der Waals surface area contributed by atoms with E-state index in [1.807, 2.05) is 6.92 Å². The van der Waals surface area contributed by atoms with Crippen LogP contribution >= 0.6 is 0 Å². The van der Waals surface area contributed by atoms with Crippen molar-refractivity contribution in [3.05, 3.63) is 0 Å². The van der Waals surface area contributed by atoms with Gasteiger partial charge < -0.3 is 11.5 Å². The molecule has 18 heavy (non-hydrogen) atoms. The van der Waals surface area contributed by atoms with E-state index in [4.69, 9.17) is 11.5 Å². The van der Waals surface area contributed by atoms with Crippen LogP contribution in [0.4, 0.5) is 0 Å². The maximum Gasteiger partial charge on any atom is 0.220 e. The number of primary amides is 2. The average molecular weight is 256 g/mol. The summed E-state index contributed by atoms with van der Waals surface area (Å²) in [7, 11) is 0. The van der Waals surface area contributed by atoms with Gasteiger partial charge in [-0.05, 0) is 19.3 Å². The second-order valence-corrected chi connectivity index (χ2v) is 4.99. The first-order valence-corrected chi connectivity index (χ1v) is 7.15. The van der Waals surface area contributed by atoms with Crippen molar-refractivity contribution in [2.24, 2.45) is 17.4 Å². The normalized spacial score (nSPS) is 12.3. The second kappa shape index (κ2) is 11.1. The molecule has 0 aromatic heterocycles. The molecule has 0 heterocycles. The zero-order chi connectivity index (χ0) is 13.8. The molecule has 0 spiro atoms. The third-order valence-electron chi connectivity index (χ3n) is 3.37. The highest BCUT2D eigenvalue weighted by Gasteiger charge is 2.11. The molecular formula is C14H28N2O2. The Bertz CT molecular complexity index is 242. The smallest absolute Gasteiger partial charge is 0.220 e. The van der Waals surface area contributed by atoms with Gasteiger partial charge in [-0.15, -0.1) is 0 Å². The molecule has 0 bridgehead atoms. The largest absolute Gasteiger partial charge is 0.370 e. The van der Waals surface area contributed by atoms with Crippen LogP contribution in [0.25, 0.3) is 0 Å². The first kappa shape index (κ1) is 16.9. The summed E-state index contributed by atoms with van der Waals surface area (Å²) in [6, 6.07) is 0. The van der Waals surface area contributed by atoms with Crippen LogP contribution in [-0.4, -0.2) is 11.8 Å². The van der Waals surface area contributed by atoms with Crippen LogP contribution in [-0.2, 0) is 9.59 Å². The van der Waals surface area contributed by atoms with Gasteiger partial charge in [-0.2, -0.15) is 0 Å². The van der Waals surface area contributed by atoms with Crippen LogP contribution in [0, 0.1) is 5.92 Å². The number of nitrogens with two attached hydrogens (primary N) is 2. The number of amides is 2. The Labute approximate surface area is 110 Å². The fourth-order valence-corrected chi connectivity index (χ4v) is 2.12. The topological polar surface area (TPSA) is 86.2 Å². The van der Waals surface area contributed by atoms with Gasteiger partial charge in [0.15, 0.2) is 0 Å². The standard InChI is InChI=1S/C14H28N2O2/c1-2-12(14(16)18)10-8-6-4-3-5-7-9-11-13(15)17/h12H,2-11H2,1H3,(H2,15,17)(H2,16,18). The molecular weight excluding hydrogens is 228 g/mol. The van der Waals surface area contributed by atoms with Gasteiger partial charge in [0, 0.05) is 12.3 Å². The van der Waals surface area contributed by atoms with E-state index in [0.717, 1.165) is 32.1 Å². The highest BCUT2D eigenvalue weighted by atomic mass is 16.1. The fraction of sp³-hybridized carbons (Fsp3) is 0.857. The Morgan fingerprint density at radius 2 is 1.39 bits per heavy atom. The van der Waals surface area contributed by atoms with Gasteiger partial charge in [0.2, 0.25) is 11.8 Å². The lowest BCUT2D eigenvalue weighted by Crippen LogP contribution is -2.22. The first-order chi connectivity index (χ1) is 8.57. The van der Waals surface area contributed by atoms with Crippen LogP contribution in [0.1, 0.15) is 71.1 Å². The van der Waals surface area contributed by atoms with E-state index >= 15 is 0 Å². The van der Waals surface area contributed by atoms with E-state index in [9.17, 15) is 9.59 Å². The summed E-state index contributed by atoms with van der Waals surface area (Å²) in [5.74, 6) is -0.309. The van der Waals surface area contributed by atoms with Gasteiger partial charge in [-0.25, -0.2) is 0 Å². The minimum atomic E-state index is -0.202. The van der Waals surface area contributed by atoms with Crippen molar-refractivity contribution in [1.82, 2.24) is 0 Å². The van der Waals surface area contributed by atoms with Gasteiger partial charge in [0.25, 0.3) is 0 Å². The summed E-state index contributed by atoms with van der Waals surface area (Å²) in [5, 5.41) is 0. The Balaban J connectivity index is 3.25. The quantitative estimate of drug-likeness (QED) is 0.526. The lowest BCUT2D eigenvalue weighted by molar-refractivity contribution is -0.122. The summed E-state index contributed by atoms with van der Waals surface area (Å²) in [5.41, 5.74) is 10.4. The second-order valence-electron chi connectivity index (χ2n) is 4.99. The van der Waals surface area contributed by atoms with Crippen molar-refractivity contribution >= 4 is 11.8 Å². The molecule has 4 N–H and O–H groups in total. The molecule has 1 atom stereocenters. The minimum Gasteiger partial charge on any atom is -0.370 e. The summed E-state index contributed by atoms with van der Waals surface area (Å²) in [6.45, 7) is 2.01. The van der Waals surface area contributed by atoms with Gasteiger partial charge in [0.05, 0.1) is 0 Å². The van der Waals surface area contributed by atoms with Crippen LogP contribution in [0.3, 0.4) is 0 Å². The van der Waals surface area contributed by atoms with Crippen LogP contribution in [0.15, 0.2) is 0 Å². The molecule has 2 amide bonds.